The molecule has 4 aromatic rings. The number of benzene rings is 2. The van der Waals surface area contributed by atoms with E-state index in [0.29, 0.717) is 5.69 Å². The fourth-order valence-corrected chi connectivity index (χ4v) is 4.43. The Hall–Kier alpha value is -3.80. The monoisotopic (exact) mass is 426 g/mol. The molecule has 0 aliphatic carbocycles. The van der Waals surface area contributed by atoms with Crippen LogP contribution >= 0.6 is 0 Å². The third-order valence-corrected chi connectivity index (χ3v) is 6.13. The number of hydrogen-bond acceptors (Lipinski definition) is 4. The van der Waals surface area contributed by atoms with Crippen LogP contribution in [0.25, 0.3) is 16.6 Å². The molecule has 5 rings (SSSR count). The Morgan fingerprint density at radius 3 is 2.41 bits per heavy atom. The maximum Gasteiger partial charge on any atom is 0.268 e. The summed E-state index contributed by atoms with van der Waals surface area (Å²) in [4.78, 5) is 19.8. The van der Waals surface area contributed by atoms with Crippen molar-refractivity contribution in [1.82, 2.24) is 14.9 Å². The molecular weight excluding hydrogens is 400 g/mol. The molecular formula is C26H26N4O2. The number of nitrogens with one attached hydrogen (secondary N) is 1. The average Bonchev–Trinajstić information content (AvgIpc) is 3.25. The second-order valence-corrected chi connectivity index (χ2v) is 8.06. The van der Waals surface area contributed by atoms with Gasteiger partial charge in [0.25, 0.3) is 5.91 Å². The van der Waals surface area contributed by atoms with Crippen LogP contribution in [0.2, 0.25) is 0 Å². The van der Waals surface area contributed by atoms with Crippen LogP contribution in [0.3, 0.4) is 0 Å². The molecule has 6 heteroatoms. The van der Waals surface area contributed by atoms with E-state index < -0.39 is 0 Å². The van der Waals surface area contributed by atoms with Gasteiger partial charge in [-0.1, -0.05) is 18.2 Å². The highest BCUT2D eigenvalue weighted by Crippen LogP contribution is 2.26. The SMILES string of the molecule is COc1ccc(-n2c(C(=O)NC3CCN(c4ccncc4)CC3)cc3ccccc32)cc1. The van der Waals surface area contributed by atoms with Gasteiger partial charge in [-0.25, -0.2) is 0 Å². The van der Waals surface area contributed by atoms with E-state index in [4.69, 9.17) is 4.74 Å². The maximum atomic E-state index is 13.4. The van der Waals surface area contributed by atoms with Crippen LogP contribution in [0.1, 0.15) is 23.3 Å². The number of amides is 1. The van der Waals surface area contributed by atoms with E-state index in [2.05, 4.69) is 15.2 Å². The quantitative estimate of drug-likeness (QED) is 0.513. The van der Waals surface area contributed by atoms with Gasteiger partial charge >= 0.3 is 0 Å². The molecule has 0 radical (unpaired) electrons. The maximum absolute atomic E-state index is 13.4. The van der Waals surface area contributed by atoms with Crippen LogP contribution in [0.5, 0.6) is 5.75 Å². The topological polar surface area (TPSA) is 59.4 Å². The third kappa shape index (κ3) is 3.91. The minimum absolute atomic E-state index is 0.0422. The number of aromatic nitrogens is 2. The van der Waals surface area contributed by atoms with E-state index in [1.54, 1.807) is 7.11 Å². The van der Waals surface area contributed by atoms with Crippen molar-refractivity contribution >= 4 is 22.5 Å². The minimum atomic E-state index is -0.0422. The molecule has 1 N–H and O–H groups in total. The summed E-state index contributed by atoms with van der Waals surface area (Å²) in [7, 11) is 1.65. The number of anilines is 1. The molecule has 3 heterocycles. The first-order valence-electron chi connectivity index (χ1n) is 10.9. The molecule has 1 amide bonds. The number of para-hydroxylation sites is 1. The largest absolute Gasteiger partial charge is 0.497 e. The van der Waals surface area contributed by atoms with E-state index in [0.717, 1.165) is 48.3 Å². The molecule has 0 spiro atoms. The Morgan fingerprint density at radius 1 is 0.969 bits per heavy atom. The minimum Gasteiger partial charge on any atom is -0.497 e. The predicted octanol–water partition coefficient (Wildman–Crippen LogP) is 4.43. The number of pyridine rings is 1. The Morgan fingerprint density at radius 2 is 1.69 bits per heavy atom. The van der Waals surface area contributed by atoms with E-state index in [1.807, 2.05) is 83.7 Å². The van der Waals surface area contributed by atoms with E-state index >= 15 is 0 Å². The second kappa shape index (κ2) is 8.75. The first-order valence-corrected chi connectivity index (χ1v) is 10.9. The molecule has 2 aromatic heterocycles. The molecule has 0 bridgehead atoms. The van der Waals surface area contributed by atoms with Gasteiger partial charge in [0.15, 0.2) is 0 Å². The van der Waals surface area contributed by atoms with E-state index in [9.17, 15) is 4.79 Å². The number of methoxy groups -OCH3 is 1. The molecule has 6 nitrogen and oxygen atoms in total. The van der Waals surface area contributed by atoms with Crippen LogP contribution in [0, 0.1) is 0 Å². The van der Waals surface area contributed by atoms with Gasteiger partial charge in [-0.15, -0.1) is 0 Å². The zero-order chi connectivity index (χ0) is 21.9. The predicted molar refractivity (Wildman–Crippen MR) is 127 cm³/mol. The van der Waals surface area contributed by atoms with Crippen molar-refractivity contribution < 1.29 is 9.53 Å². The number of hydrogen-bond donors (Lipinski definition) is 1. The Labute approximate surface area is 187 Å². The molecule has 32 heavy (non-hydrogen) atoms. The lowest BCUT2D eigenvalue weighted by Crippen LogP contribution is -2.45. The van der Waals surface area contributed by atoms with Gasteiger partial charge in [-0.05, 0) is 61.4 Å². The molecule has 1 aliphatic rings. The van der Waals surface area contributed by atoms with Gasteiger partial charge in [0.05, 0.1) is 12.6 Å². The van der Waals surface area contributed by atoms with Crippen molar-refractivity contribution in [2.45, 2.75) is 18.9 Å². The number of carbonyl (C=O) groups is 1. The van der Waals surface area contributed by atoms with Crippen LogP contribution < -0.4 is 15.0 Å². The summed E-state index contributed by atoms with van der Waals surface area (Å²) in [6, 6.07) is 22.1. The average molecular weight is 427 g/mol. The van der Waals surface area contributed by atoms with E-state index in [-0.39, 0.29) is 11.9 Å². The number of fused-ring (bicyclic) bond motifs is 1. The highest BCUT2D eigenvalue weighted by atomic mass is 16.5. The number of piperidine rings is 1. The zero-order valence-corrected chi connectivity index (χ0v) is 18.1. The summed E-state index contributed by atoms with van der Waals surface area (Å²) >= 11 is 0. The highest BCUT2D eigenvalue weighted by molar-refractivity contribution is 6.00. The van der Waals surface area contributed by atoms with Crippen molar-refractivity contribution in [2.75, 3.05) is 25.1 Å². The number of rotatable bonds is 5. The van der Waals surface area contributed by atoms with Crippen LogP contribution in [-0.2, 0) is 0 Å². The van der Waals surface area contributed by atoms with Gasteiger partial charge < -0.3 is 19.5 Å². The molecule has 162 valence electrons. The van der Waals surface area contributed by atoms with E-state index in [1.165, 1.54) is 5.69 Å². The fourth-order valence-electron chi connectivity index (χ4n) is 4.43. The Balaban J connectivity index is 1.37. The summed E-state index contributed by atoms with van der Waals surface area (Å²) in [5, 5.41) is 4.32. The standard InChI is InChI=1S/C26H26N4O2/c1-32-23-8-6-22(7-9-23)30-24-5-3-2-4-19(24)18-25(30)26(31)28-20-12-16-29(17-13-20)21-10-14-27-15-11-21/h2-11,14-15,18,20H,12-13,16-17H2,1H3,(H,28,31). The number of nitrogens with zero attached hydrogens (tertiary/aromatic N) is 3. The van der Waals surface area contributed by atoms with Crippen molar-refractivity contribution in [1.29, 1.82) is 0 Å². The molecule has 1 saturated heterocycles. The number of ether oxygens (including phenoxy) is 1. The normalized spacial score (nSPS) is 14.5. The van der Waals surface area contributed by atoms with Crippen molar-refractivity contribution in [2.24, 2.45) is 0 Å². The van der Waals surface area contributed by atoms with Crippen molar-refractivity contribution in [3.8, 4) is 11.4 Å². The third-order valence-electron chi connectivity index (χ3n) is 6.13. The van der Waals surface area contributed by atoms with Crippen LogP contribution in [0.15, 0.2) is 79.1 Å². The first-order chi connectivity index (χ1) is 15.7. The summed E-state index contributed by atoms with van der Waals surface area (Å²) in [6.07, 6.45) is 5.47. The second-order valence-electron chi connectivity index (χ2n) is 8.06. The van der Waals surface area contributed by atoms with Gasteiger partial charge in [0.2, 0.25) is 0 Å². The summed E-state index contributed by atoms with van der Waals surface area (Å²) in [5.41, 5.74) is 3.78. The first kappa shape index (κ1) is 20.1. The molecule has 1 fully saturated rings. The lowest BCUT2D eigenvalue weighted by molar-refractivity contribution is 0.0924. The van der Waals surface area contributed by atoms with Gasteiger partial charge in [-0.2, -0.15) is 0 Å². The van der Waals surface area contributed by atoms with Gasteiger partial charge in [-0.3, -0.25) is 9.78 Å². The van der Waals surface area contributed by atoms with Gasteiger partial charge in [0.1, 0.15) is 11.4 Å². The van der Waals surface area contributed by atoms with Crippen molar-refractivity contribution in [3.63, 3.8) is 0 Å². The summed E-state index contributed by atoms with van der Waals surface area (Å²) in [6.45, 7) is 1.83. The zero-order valence-electron chi connectivity index (χ0n) is 18.1. The fraction of sp³-hybridized carbons (Fsp3) is 0.231. The molecule has 0 unspecified atom stereocenters. The lowest BCUT2D eigenvalue weighted by atomic mass is 10.0. The summed E-state index contributed by atoms with van der Waals surface area (Å²) in [5.74, 6) is 0.747. The number of carbonyl (C=O) groups excluding carboxylic acids is 1. The molecule has 0 atom stereocenters. The molecule has 2 aromatic carbocycles. The smallest absolute Gasteiger partial charge is 0.268 e. The molecule has 1 aliphatic heterocycles. The Kier molecular flexibility index (Phi) is 5.50. The van der Waals surface area contributed by atoms with Gasteiger partial charge in [0, 0.05) is 48.3 Å². The van der Waals surface area contributed by atoms with Crippen molar-refractivity contribution in [3.05, 3.63) is 84.8 Å². The summed E-state index contributed by atoms with van der Waals surface area (Å²) < 4.78 is 7.32. The lowest BCUT2D eigenvalue weighted by Gasteiger charge is -2.33. The molecule has 0 saturated carbocycles. The van der Waals surface area contributed by atoms with Crippen LogP contribution in [0.4, 0.5) is 5.69 Å². The van der Waals surface area contributed by atoms with Crippen LogP contribution in [-0.4, -0.2) is 41.7 Å². The highest BCUT2D eigenvalue weighted by Gasteiger charge is 2.24. The Bertz CT molecular complexity index is 1210.